The standard InChI is InChI=1S/C7H8N2OS.BrH/c8-7-9-6(3-11-7)4-1-5(10)2-4;/h3-4H,1-2H2,(H2,8,9);1H. The molecule has 2 N–H and O–H groups in total. The highest BCUT2D eigenvalue weighted by Crippen LogP contribution is 2.34. The van der Waals surface area contributed by atoms with Gasteiger partial charge in [-0.15, -0.1) is 28.3 Å². The van der Waals surface area contributed by atoms with E-state index in [0.29, 0.717) is 29.7 Å². The SMILES string of the molecule is Br.Nc1nc(C2CC(=O)C2)cs1. The van der Waals surface area contributed by atoms with Crippen molar-refractivity contribution in [3.05, 3.63) is 11.1 Å². The Morgan fingerprint density at radius 1 is 1.58 bits per heavy atom. The van der Waals surface area contributed by atoms with Gasteiger partial charge in [0.05, 0.1) is 5.69 Å². The Morgan fingerprint density at radius 3 is 2.67 bits per heavy atom. The summed E-state index contributed by atoms with van der Waals surface area (Å²) in [5, 5.41) is 2.53. The van der Waals surface area contributed by atoms with Crippen LogP contribution < -0.4 is 5.73 Å². The molecule has 0 saturated heterocycles. The van der Waals surface area contributed by atoms with Crippen LogP contribution in [0.2, 0.25) is 0 Å². The van der Waals surface area contributed by atoms with E-state index in [1.54, 1.807) is 0 Å². The second-order valence-corrected chi connectivity index (χ2v) is 3.64. The van der Waals surface area contributed by atoms with Crippen LogP contribution in [0.25, 0.3) is 0 Å². The molecule has 0 aromatic carbocycles. The molecule has 1 saturated carbocycles. The number of Topliss-reactive ketones (excluding diaryl/α,β-unsaturated/α-hetero) is 1. The summed E-state index contributed by atoms with van der Waals surface area (Å²) in [6.45, 7) is 0. The molecule has 1 heterocycles. The average Bonchev–Trinajstić information content (AvgIpc) is 2.29. The lowest BCUT2D eigenvalue weighted by atomic mass is 9.82. The molecule has 0 bridgehead atoms. The highest BCUT2D eigenvalue weighted by Gasteiger charge is 2.29. The summed E-state index contributed by atoms with van der Waals surface area (Å²) in [4.78, 5) is 14.7. The van der Waals surface area contributed by atoms with Crippen molar-refractivity contribution >= 4 is 39.2 Å². The van der Waals surface area contributed by atoms with E-state index in [-0.39, 0.29) is 17.0 Å². The van der Waals surface area contributed by atoms with Gasteiger partial charge in [0, 0.05) is 24.1 Å². The minimum Gasteiger partial charge on any atom is -0.375 e. The van der Waals surface area contributed by atoms with Crippen molar-refractivity contribution in [2.75, 3.05) is 5.73 Å². The summed E-state index contributed by atoms with van der Waals surface area (Å²) in [6.07, 6.45) is 1.31. The van der Waals surface area contributed by atoms with E-state index in [4.69, 9.17) is 5.73 Å². The summed E-state index contributed by atoms with van der Waals surface area (Å²) in [7, 11) is 0. The number of nitrogens with zero attached hydrogens (tertiary/aromatic N) is 1. The van der Waals surface area contributed by atoms with E-state index in [1.165, 1.54) is 11.3 Å². The lowest BCUT2D eigenvalue weighted by molar-refractivity contribution is -0.124. The lowest BCUT2D eigenvalue weighted by Gasteiger charge is -2.21. The van der Waals surface area contributed by atoms with Crippen molar-refractivity contribution in [1.82, 2.24) is 4.98 Å². The molecular weight excluding hydrogens is 240 g/mol. The first-order chi connectivity index (χ1) is 5.25. The molecule has 1 aromatic heterocycles. The van der Waals surface area contributed by atoms with Gasteiger partial charge in [-0.2, -0.15) is 0 Å². The molecule has 0 radical (unpaired) electrons. The molecule has 12 heavy (non-hydrogen) atoms. The van der Waals surface area contributed by atoms with Gasteiger partial charge in [-0.1, -0.05) is 0 Å². The van der Waals surface area contributed by atoms with Crippen molar-refractivity contribution in [3.63, 3.8) is 0 Å². The van der Waals surface area contributed by atoms with Crippen molar-refractivity contribution in [3.8, 4) is 0 Å². The van der Waals surface area contributed by atoms with Gasteiger partial charge in [0.1, 0.15) is 5.78 Å². The second-order valence-electron chi connectivity index (χ2n) is 2.75. The Bertz CT molecular complexity index is 291. The molecule has 0 spiro atoms. The van der Waals surface area contributed by atoms with Gasteiger partial charge in [0.15, 0.2) is 5.13 Å². The summed E-state index contributed by atoms with van der Waals surface area (Å²) in [6, 6.07) is 0. The Kier molecular flexibility index (Phi) is 2.85. The maximum atomic E-state index is 10.6. The lowest BCUT2D eigenvalue weighted by Crippen LogP contribution is -2.21. The molecule has 66 valence electrons. The Hall–Kier alpha value is -0.420. The smallest absolute Gasteiger partial charge is 0.180 e. The maximum absolute atomic E-state index is 10.6. The van der Waals surface area contributed by atoms with Gasteiger partial charge in [-0.25, -0.2) is 4.98 Å². The van der Waals surface area contributed by atoms with Gasteiger partial charge in [0.25, 0.3) is 0 Å². The number of carbonyl (C=O) groups excluding carboxylic acids is 1. The average molecular weight is 249 g/mol. The van der Waals surface area contributed by atoms with E-state index >= 15 is 0 Å². The number of halogens is 1. The van der Waals surface area contributed by atoms with Crippen LogP contribution in [0, 0.1) is 0 Å². The Balaban J connectivity index is 0.000000720. The van der Waals surface area contributed by atoms with E-state index in [0.717, 1.165) is 5.69 Å². The van der Waals surface area contributed by atoms with Crippen LogP contribution in [0.15, 0.2) is 5.38 Å². The number of nitrogen functional groups attached to an aromatic ring is 1. The number of hydrogen-bond donors (Lipinski definition) is 1. The zero-order chi connectivity index (χ0) is 7.84. The van der Waals surface area contributed by atoms with Crippen LogP contribution in [0.5, 0.6) is 0 Å². The first kappa shape index (κ1) is 9.67. The zero-order valence-electron chi connectivity index (χ0n) is 6.32. The number of nitrogens with two attached hydrogens (primary N) is 1. The molecule has 0 amide bonds. The van der Waals surface area contributed by atoms with Crippen LogP contribution in [-0.2, 0) is 4.79 Å². The molecule has 1 aliphatic carbocycles. The molecule has 1 aliphatic rings. The third-order valence-electron chi connectivity index (χ3n) is 1.91. The molecule has 1 aromatic rings. The number of aromatic nitrogens is 1. The third kappa shape index (κ3) is 1.67. The fraction of sp³-hybridized carbons (Fsp3) is 0.429. The second kappa shape index (κ2) is 3.53. The fourth-order valence-electron chi connectivity index (χ4n) is 1.19. The van der Waals surface area contributed by atoms with Crippen LogP contribution >= 0.6 is 28.3 Å². The number of ketones is 1. The maximum Gasteiger partial charge on any atom is 0.180 e. The van der Waals surface area contributed by atoms with E-state index in [9.17, 15) is 4.79 Å². The molecule has 2 rings (SSSR count). The fourth-order valence-corrected chi connectivity index (χ4v) is 1.83. The van der Waals surface area contributed by atoms with Crippen molar-refractivity contribution < 1.29 is 4.79 Å². The molecular formula is C7H9BrN2OS. The first-order valence-electron chi connectivity index (χ1n) is 3.48. The quantitative estimate of drug-likeness (QED) is 0.824. The van der Waals surface area contributed by atoms with Crippen molar-refractivity contribution in [2.24, 2.45) is 0 Å². The summed E-state index contributed by atoms with van der Waals surface area (Å²) >= 11 is 1.44. The largest absolute Gasteiger partial charge is 0.375 e. The molecule has 0 aliphatic heterocycles. The Labute approximate surface area is 84.8 Å². The number of rotatable bonds is 1. The van der Waals surface area contributed by atoms with E-state index < -0.39 is 0 Å². The molecule has 0 unspecified atom stereocenters. The molecule has 5 heteroatoms. The highest BCUT2D eigenvalue weighted by atomic mass is 79.9. The minimum atomic E-state index is 0. The number of hydrogen-bond acceptors (Lipinski definition) is 4. The minimum absolute atomic E-state index is 0. The molecule has 1 fully saturated rings. The highest BCUT2D eigenvalue weighted by molar-refractivity contribution is 8.93. The molecule has 0 atom stereocenters. The van der Waals surface area contributed by atoms with Gasteiger partial charge in [-0.05, 0) is 0 Å². The zero-order valence-corrected chi connectivity index (χ0v) is 8.85. The van der Waals surface area contributed by atoms with Crippen molar-refractivity contribution in [2.45, 2.75) is 18.8 Å². The Morgan fingerprint density at radius 2 is 2.25 bits per heavy atom. The number of carbonyl (C=O) groups is 1. The summed E-state index contributed by atoms with van der Waals surface area (Å²) in [5.41, 5.74) is 6.45. The van der Waals surface area contributed by atoms with Gasteiger partial charge in [0.2, 0.25) is 0 Å². The van der Waals surface area contributed by atoms with Crippen LogP contribution in [-0.4, -0.2) is 10.8 Å². The van der Waals surface area contributed by atoms with Crippen LogP contribution in [0.1, 0.15) is 24.5 Å². The summed E-state index contributed by atoms with van der Waals surface area (Å²) < 4.78 is 0. The van der Waals surface area contributed by atoms with Gasteiger partial charge in [-0.3, -0.25) is 4.79 Å². The van der Waals surface area contributed by atoms with Crippen LogP contribution in [0.4, 0.5) is 5.13 Å². The third-order valence-corrected chi connectivity index (χ3v) is 2.60. The monoisotopic (exact) mass is 248 g/mol. The van der Waals surface area contributed by atoms with Gasteiger partial charge >= 0.3 is 0 Å². The van der Waals surface area contributed by atoms with E-state index in [2.05, 4.69) is 4.98 Å². The molecule has 3 nitrogen and oxygen atoms in total. The first-order valence-corrected chi connectivity index (χ1v) is 4.36. The predicted molar refractivity (Wildman–Crippen MR) is 53.8 cm³/mol. The number of thiazole rings is 1. The number of anilines is 1. The normalized spacial score (nSPS) is 16.8. The van der Waals surface area contributed by atoms with Crippen molar-refractivity contribution in [1.29, 1.82) is 0 Å². The van der Waals surface area contributed by atoms with Crippen LogP contribution in [0.3, 0.4) is 0 Å². The van der Waals surface area contributed by atoms with E-state index in [1.807, 2.05) is 5.38 Å². The van der Waals surface area contributed by atoms with Gasteiger partial charge < -0.3 is 5.73 Å². The topological polar surface area (TPSA) is 56.0 Å². The summed E-state index contributed by atoms with van der Waals surface area (Å²) in [5.74, 6) is 0.692. The predicted octanol–water partition coefficient (Wildman–Crippen LogP) is 1.75.